The van der Waals surface area contributed by atoms with Crippen LogP contribution in [0.15, 0.2) is 24.3 Å². The molecule has 1 aliphatic rings. The highest BCUT2D eigenvalue weighted by atomic mass is 16.1. The van der Waals surface area contributed by atoms with E-state index in [0.29, 0.717) is 6.04 Å². The number of nitrogens with one attached hydrogen (secondary N) is 2. The predicted octanol–water partition coefficient (Wildman–Crippen LogP) is 2.22. The average molecular weight is 275 g/mol. The summed E-state index contributed by atoms with van der Waals surface area (Å²) >= 11 is 0. The minimum absolute atomic E-state index is 0.0344. The Labute approximate surface area is 121 Å². The third kappa shape index (κ3) is 4.62. The van der Waals surface area contributed by atoms with Crippen LogP contribution >= 0.6 is 0 Å². The van der Waals surface area contributed by atoms with E-state index in [2.05, 4.69) is 29.5 Å². The Morgan fingerprint density at radius 3 is 2.55 bits per heavy atom. The van der Waals surface area contributed by atoms with Gasteiger partial charge in [-0.2, -0.15) is 0 Å². The van der Waals surface area contributed by atoms with E-state index < -0.39 is 0 Å². The fraction of sp³-hybridized carbons (Fsp3) is 0.562. The molecule has 0 spiro atoms. The van der Waals surface area contributed by atoms with E-state index in [-0.39, 0.29) is 5.91 Å². The number of carbonyl (C=O) groups excluding carboxylic acids is 1. The molecule has 1 unspecified atom stereocenters. The maximum atomic E-state index is 10.9. The van der Waals surface area contributed by atoms with Gasteiger partial charge in [-0.25, -0.2) is 0 Å². The summed E-state index contributed by atoms with van der Waals surface area (Å²) in [5.74, 6) is -0.0344. The van der Waals surface area contributed by atoms with Crippen LogP contribution in [0.1, 0.15) is 32.3 Å². The fourth-order valence-electron chi connectivity index (χ4n) is 2.32. The van der Waals surface area contributed by atoms with Crippen molar-refractivity contribution in [2.24, 2.45) is 0 Å². The van der Waals surface area contributed by atoms with Crippen LogP contribution in [0.4, 0.5) is 5.69 Å². The normalized spacial score (nSPS) is 16.2. The lowest BCUT2D eigenvalue weighted by atomic mass is 10.2. The molecule has 1 fully saturated rings. The van der Waals surface area contributed by atoms with Crippen molar-refractivity contribution in [3.63, 3.8) is 0 Å². The van der Waals surface area contributed by atoms with Gasteiger partial charge in [-0.1, -0.05) is 12.1 Å². The number of rotatable bonds is 7. The minimum atomic E-state index is -0.0344. The van der Waals surface area contributed by atoms with E-state index in [0.717, 1.165) is 24.8 Å². The standard InChI is InChI=1S/C16H25N3O/c1-12(19(3)16-8-9-16)10-17-11-14-4-6-15(7-5-14)18-13(2)20/h4-7,12,16-17H,8-11H2,1-3H3,(H,18,20). The molecule has 0 heterocycles. The number of likely N-dealkylation sites (N-methyl/N-ethyl adjacent to an activating group) is 1. The average Bonchev–Trinajstić information content (AvgIpc) is 3.23. The van der Waals surface area contributed by atoms with Crippen molar-refractivity contribution in [1.29, 1.82) is 0 Å². The second-order valence-corrected chi connectivity index (χ2v) is 5.75. The Balaban J connectivity index is 1.72. The van der Waals surface area contributed by atoms with E-state index in [1.54, 1.807) is 0 Å². The zero-order valence-electron chi connectivity index (χ0n) is 12.6. The number of carbonyl (C=O) groups is 1. The van der Waals surface area contributed by atoms with E-state index >= 15 is 0 Å². The largest absolute Gasteiger partial charge is 0.326 e. The lowest BCUT2D eigenvalue weighted by Crippen LogP contribution is -2.38. The smallest absolute Gasteiger partial charge is 0.221 e. The van der Waals surface area contributed by atoms with Crippen LogP contribution in [-0.2, 0) is 11.3 Å². The van der Waals surface area contributed by atoms with Crippen molar-refractivity contribution in [2.75, 3.05) is 18.9 Å². The number of anilines is 1. The highest BCUT2D eigenvalue weighted by molar-refractivity contribution is 5.88. The van der Waals surface area contributed by atoms with Crippen molar-refractivity contribution in [1.82, 2.24) is 10.2 Å². The SMILES string of the molecule is CC(=O)Nc1ccc(CNCC(C)N(C)C2CC2)cc1. The molecule has 0 saturated heterocycles. The van der Waals surface area contributed by atoms with Gasteiger partial charge in [-0.3, -0.25) is 9.69 Å². The number of benzene rings is 1. The minimum Gasteiger partial charge on any atom is -0.326 e. The van der Waals surface area contributed by atoms with Gasteiger partial charge in [0.1, 0.15) is 0 Å². The molecule has 1 aromatic carbocycles. The summed E-state index contributed by atoms with van der Waals surface area (Å²) in [5, 5.41) is 6.27. The van der Waals surface area contributed by atoms with Gasteiger partial charge in [0.2, 0.25) is 5.91 Å². The summed E-state index contributed by atoms with van der Waals surface area (Å²) in [6.07, 6.45) is 2.71. The van der Waals surface area contributed by atoms with Crippen LogP contribution in [0.3, 0.4) is 0 Å². The molecule has 20 heavy (non-hydrogen) atoms. The summed E-state index contributed by atoms with van der Waals surface area (Å²) in [6.45, 7) is 5.65. The lowest BCUT2D eigenvalue weighted by molar-refractivity contribution is -0.114. The van der Waals surface area contributed by atoms with Gasteiger partial charge >= 0.3 is 0 Å². The highest BCUT2D eigenvalue weighted by Crippen LogP contribution is 2.26. The monoisotopic (exact) mass is 275 g/mol. The topological polar surface area (TPSA) is 44.4 Å². The van der Waals surface area contributed by atoms with Gasteiger partial charge in [-0.05, 0) is 44.5 Å². The zero-order chi connectivity index (χ0) is 14.5. The Hall–Kier alpha value is -1.39. The van der Waals surface area contributed by atoms with E-state index in [1.165, 1.54) is 25.3 Å². The van der Waals surface area contributed by atoms with Gasteiger partial charge in [0.25, 0.3) is 0 Å². The summed E-state index contributed by atoms with van der Waals surface area (Å²) in [4.78, 5) is 13.4. The quantitative estimate of drug-likeness (QED) is 0.802. The van der Waals surface area contributed by atoms with E-state index in [9.17, 15) is 4.79 Å². The molecule has 1 aliphatic carbocycles. The van der Waals surface area contributed by atoms with Gasteiger partial charge < -0.3 is 10.6 Å². The van der Waals surface area contributed by atoms with Crippen molar-refractivity contribution in [3.05, 3.63) is 29.8 Å². The number of nitrogens with zero attached hydrogens (tertiary/aromatic N) is 1. The Bertz CT molecular complexity index is 440. The first-order valence-electron chi connectivity index (χ1n) is 7.35. The molecule has 1 amide bonds. The molecule has 2 rings (SSSR count). The molecule has 1 saturated carbocycles. The highest BCUT2D eigenvalue weighted by Gasteiger charge is 2.28. The van der Waals surface area contributed by atoms with E-state index in [4.69, 9.17) is 0 Å². The van der Waals surface area contributed by atoms with Crippen LogP contribution in [0.2, 0.25) is 0 Å². The molecule has 110 valence electrons. The Kier molecular flexibility index (Phi) is 5.15. The molecular weight excluding hydrogens is 250 g/mol. The molecule has 2 N–H and O–H groups in total. The maximum Gasteiger partial charge on any atom is 0.221 e. The van der Waals surface area contributed by atoms with Gasteiger partial charge in [0.15, 0.2) is 0 Å². The third-order valence-corrected chi connectivity index (χ3v) is 3.86. The van der Waals surface area contributed by atoms with Crippen molar-refractivity contribution < 1.29 is 4.79 Å². The molecule has 0 radical (unpaired) electrons. The fourth-order valence-corrected chi connectivity index (χ4v) is 2.32. The molecule has 0 bridgehead atoms. The van der Waals surface area contributed by atoms with Gasteiger partial charge in [0.05, 0.1) is 0 Å². The van der Waals surface area contributed by atoms with Gasteiger partial charge in [-0.15, -0.1) is 0 Å². The second-order valence-electron chi connectivity index (χ2n) is 5.75. The van der Waals surface area contributed by atoms with Gasteiger partial charge in [0, 0.05) is 37.8 Å². The Morgan fingerprint density at radius 1 is 1.35 bits per heavy atom. The second kappa shape index (κ2) is 6.86. The summed E-state index contributed by atoms with van der Waals surface area (Å²) in [7, 11) is 2.21. The lowest BCUT2D eigenvalue weighted by Gasteiger charge is -2.24. The molecule has 4 heteroatoms. The number of hydrogen-bond acceptors (Lipinski definition) is 3. The van der Waals surface area contributed by atoms with Crippen LogP contribution in [0, 0.1) is 0 Å². The van der Waals surface area contributed by atoms with Crippen molar-refractivity contribution >= 4 is 11.6 Å². The molecule has 1 atom stereocenters. The summed E-state index contributed by atoms with van der Waals surface area (Å²) < 4.78 is 0. The number of hydrogen-bond donors (Lipinski definition) is 2. The molecule has 0 aliphatic heterocycles. The predicted molar refractivity (Wildman–Crippen MR) is 82.7 cm³/mol. The summed E-state index contributed by atoms with van der Waals surface area (Å²) in [6, 6.07) is 9.36. The number of amides is 1. The van der Waals surface area contributed by atoms with Crippen LogP contribution in [0.25, 0.3) is 0 Å². The van der Waals surface area contributed by atoms with Crippen LogP contribution in [0.5, 0.6) is 0 Å². The first kappa shape index (κ1) is 15.0. The first-order valence-corrected chi connectivity index (χ1v) is 7.35. The summed E-state index contributed by atoms with van der Waals surface area (Å²) in [5.41, 5.74) is 2.09. The Morgan fingerprint density at radius 2 is 2.00 bits per heavy atom. The van der Waals surface area contributed by atoms with Crippen LogP contribution in [-0.4, -0.2) is 36.5 Å². The van der Waals surface area contributed by atoms with Crippen molar-refractivity contribution in [3.8, 4) is 0 Å². The molecule has 4 nitrogen and oxygen atoms in total. The molecular formula is C16H25N3O. The molecule has 1 aromatic rings. The maximum absolute atomic E-state index is 10.9. The van der Waals surface area contributed by atoms with Crippen molar-refractivity contribution in [2.45, 2.75) is 45.3 Å². The molecule has 0 aromatic heterocycles. The third-order valence-electron chi connectivity index (χ3n) is 3.86. The van der Waals surface area contributed by atoms with Crippen LogP contribution < -0.4 is 10.6 Å². The zero-order valence-corrected chi connectivity index (χ0v) is 12.6. The first-order chi connectivity index (χ1) is 9.56. The van der Waals surface area contributed by atoms with E-state index in [1.807, 2.05) is 24.3 Å².